The number of ether oxygens (including phenoxy) is 4. The third-order valence-electron chi connectivity index (χ3n) is 6.80. The Hall–Kier alpha value is -3.29. The van der Waals surface area contributed by atoms with Crippen LogP contribution in [0.5, 0.6) is 0 Å². The molecular formula is C26H24O7. The number of esters is 2. The Bertz CT molecular complexity index is 1080. The number of ketones is 1. The lowest BCUT2D eigenvalue weighted by Gasteiger charge is -2.48. The topological polar surface area (TPSA) is 88.1 Å². The Kier molecular flexibility index (Phi) is 5.60. The number of carbonyl (C=O) groups is 3. The number of hydrogen-bond donors (Lipinski definition) is 0. The van der Waals surface area contributed by atoms with Crippen molar-refractivity contribution in [2.45, 2.75) is 24.4 Å². The number of methoxy groups -OCH3 is 1. The summed E-state index contributed by atoms with van der Waals surface area (Å²) in [7, 11) is 1.37. The van der Waals surface area contributed by atoms with E-state index in [1.165, 1.54) is 7.11 Å². The molecule has 2 bridgehead atoms. The molecule has 0 spiro atoms. The standard InChI is InChI=1S/C26H24O7/c1-30-25-22(27)26(33-24(29)17-10-6-3-7-11-17)19-13-12-18(14-19)21(26)20(32-25)15-31-23(28)16-8-4-2-5-9-16/h2-13,18-21,25H,14-15H2,1H3/t18-,19+,20-,21-,25-,26+/m1/s1. The van der Waals surface area contributed by atoms with Gasteiger partial charge < -0.3 is 18.9 Å². The molecule has 3 aliphatic rings. The fraction of sp³-hybridized carbons (Fsp3) is 0.346. The summed E-state index contributed by atoms with van der Waals surface area (Å²) in [4.78, 5) is 39.1. The maximum Gasteiger partial charge on any atom is 0.339 e. The molecular weight excluding hydrogens is 424 g/mol. The molecule has 7 nitrogen and oxygen atoms in total. The summed E-state index contributed by atoms with van der Waals surface area (Å²) in [6.07, 6.45) is 2.71. The van der Waals surface area contributed by atoms with Gasteiger partial charge in [0, 0.05) is 18.9 Å². The Morgan fingerprint density at radius 3 is 2.24 bits per heavy atom. The summed E-state index contributed by atoms with van der Waals surface area (Å²) >= 11 is 0. The molecule has 2 aromatic carbocycles. The van der Waals surface area contributed by atoms with Gasteiger partial charge in [-0.15, -0.1) is 0 Å². The lowest BCUT2D eigenvalue weighted by Crippen LogP contribution is -2.65. The summed E-state index contributed by atoms with van der Waals surface area (Å²) < 4.78 is 22.9. The largest absolute Gasteiger partial charge is 0.459 e. The zero-order chi connectivity index (χ0) is 23.0. The Balaban J connectivity index is 1.44. The fourth-order valence-corrected chi connectivity index (χ4v) is 5.37. The SMILES string of the molecule is CO[C@@H]1O[C@H](COC(=O)c2ccccc2)[C@H]2[C@@H]3C=C[C@@H](C3)[C@@]2(OC(=O)c2ccccc2)C1=O. The van der Waals surface area contributed by atoms with E-state index in [2.05, 4.69) is 0 Å². The molecule has 0 N–H and O–H groups in total. The summed E-state index contributed by atoms with van der Waals surface area (Å²) in [5.74, 6) is -2.30. The van der Waals surface area contributed by atoms with E-state index in [4.69, 9.17) is 18.9 Å². The number of rotatable bonds is 6. The van der Waals surface area contributed by atoms with Crippen molar-refractivity contribution in [1.29, 1.82) is 0 Å². The highest BCUT2D eigenvalue weighted by Crippen LogP contribution is 2.57. The van der Waals surface area contributed by atoms with Crippen LogP contribution in [0.2, 0.25) is 0 Å². The molecule has 1 heterocycles. The highest BCUT2D eigenvalue weighted by molar-refractivity contribution is 5.98. The second kappa shape index (κ2) is 8.57. The van der Waals surface area contributed by atoms with Crippen LogP contribution in [0.4, 0.5) is 0 Å². The number of hydrogen-bond acceptors (Lipinski definition) is 7. The van der Waals surface area contributed by atoms with Crippen LogP contribution in [0, 0.1) is 17.8 Å². The molecule has 0 unspecified atom stereocenters. The van der Waals surface area contributed by atoms with Gasteiger partial charge >= 0.3 is 11.9 Å². The van der Waals surface area contributed by atoms with E-state index in [0.717, 1.165) is 0 Å². The van der Waals surface area contributed by atoms with E-state index in [0.29, 0.717) is 17.5 Å². The lowest BCUT2D eigenvalue weighted by molar-refractivity contribution is -0.243. The zero-order valence-corrected chi connectivity index (χ0v) is 18.1. The highest BCUT2D eigenvalue weighted by Gasteiger charge is 2.69. The molecule has 7 heteroatoms. The molecule has 2 fully saturated rings. The van der Waals surface area contributed by atoms with Gasteiger partial charge in [-0.2, -0.15) is 0 Å². The summed E-state index contributed by atoms with van der Waals surface area (Å²) in [6, 6.07) is 17.2. The van der Waals surface area contributed by atoms with Gasteiger partial charge in [0.05, 0.1) is 11.1 Å². The lowest BCUT2D eigenvalue weighted by atomic mass is 9.71. The maximum absolute atomic E-state index is 13.6. The van der Waals surface area contributed by atoms with Gasteiger partial charge in [0.25, 0.3) is 0 Å². The van der Waals surface area contributed by atoms with Gasteiger partial charge in [-0.1, -0.05) is 48.6 Å². The zero-order valence-electron chi connectivity index (χ0n) is 18.1. The molecule has 0 radical (unpaired) electrons. The van der Waals surface area contributed by atoms with Crippen molar-refractivity contribution in [3.63, 3.8) is 0 Å². The van der Waals surface area contributed by atoms with Crippen LogP contribution in [0.3, 0.4) is 0 Å². The van der Waals surface area contributed by atoms with Gasteiger partial charge in [-0.25, -0.2) is 9.59 Å². The van der Waals surface area contributed by atoms with Crippen LogP contribution in [0.15, 0.2) is 72.8 Å². The van der Waals surface area contributed by atoms with Crippen molar-refractivity contribution in [1.82, 2.24) is 0 Å². The van der Waals surface area contributed by atoms with Crippen molar-refractivity contribution < 1.29 is 33.3 Å². The van der Waals surface area contributed by atoms with Crippen LogP contribution < -0.4 is 0 Å². The number of carbonyl (C=O) groups excluding carboxylic acids is 3. The Morgan fingerprint density at radius 1 is 0.970 bits per heavy atom. The fourth-order valence-electron chi connectivity index (χ4n) is 5.37. The third kappa shape index (κ3) is 3.57. The van der Waals surface area contributed by atoms with E-state index in [9.17, 15) is 14.4 Å². The van der Waals surface area contributed by atoms with Crippen LogP contribution in [-0.2, 0) is 23.7 Å². The van der Waals surface area contributed by atoms with Crippen LogP contribution in [0.1, 0.15) is 27.1 Å². The first-order valence-corrected chi connectivity index (χ1v) is 11.0. The van der Waals surface area contributed by atoms with E-state index in [-0.39, 0.29) is 18.4 Å². The van der Waals surface area contributed by atoms with E-state index in [1.54, 1.807) is 54.6 Å². The second-order valence-electron chi connectivity index (χ2n) is 8.54. The normalized spacial score (nSPS) is 31.8. The van der Waals surface area contributed by atoms with Crippen molar-refractivity contribution in [3.05, 3.63) is 83.9 Å². The van der Waals surface area contributed by atoms with Crippen molar-refractivity contribution >= 4 is 17.7 Å². The highest BCUT2D eigenvalue weighted by atomic mass is 16.7. The van der Waals surface area contributed by atoms with Gasteiger partial charge in [-0.05, 0) is 36.6 Å². The van der Waals surface area contributed by atoms with E-state index < -0.39 is 41.6 Å². The van der Waals surface area contributed by atoms with Crippen molar-refractivity contribution in [2.24, 2.45) is 17.8 Å². The minimum absolute atomic E-state index is 0.0410. The quantitative estimate of drug-likeness (QED) is 0.495. The average Bonchev–Trinajstić information content (AvgIpc) is 3.46. The number of Topliss-reactive ketones (excluding diaryl/α,β-unsaturated/α-hetero) is 1. The predicted octanol–water partition coefficient (Wildman–Crippen LogP) is 3.20. The molecule has 0 aromatic heterocycles. The number of fused-ring (bicyclic) bond motifs is 5. The maximum atomic E-state index is 13.6. The smallest absolute Gasteiger partial charge is 0.339 e. The number of allylic oxidation sites excluding steroid dienone is 1. The number of benzene rings is 2. The van der Waals surface area contributed by atoms with Gasteiger partial charge in [-0.3, -0.25) is 4.79 Å². The molecule has 2 aromatic rings. The molecule has 33 heavy (non-hydrogen) atoms. The molecule has 1 saturated carbocycles. The first-order chi connectivity index (χ1) is 16.0. The predicted molar refractivity (Wildman–Crippen MR) is 116 cm³/mol. The summed E-state index contributed by atoms with van der Waals surface area (Å²) in [6.45, 7) is -0.0900. The second-order valence-corrected chi connectivity index (χ2v) is 8.54. The van der Waals surface area contributed by atoms with E-state index >= 15 is 0 Å². The average molecular weight is 448 g/mol. The minimum Gasteiger partial charge on any atom is -0.459 e. The molecule has 2 aliphatic carbocycles. The molecule has 0 amide bonds. The van der Waals surface area contributed by atoms with Crippen LogP contribution in [0.25, 0.3) is 0 Å². The minimum atomic E-state index is -1.44. The summed E-state index contributed by atoms with van der Waals surface area (Å²) in [5.41, 5.74) is -0.658. The van der Waals surface area contributed by atoms with Gasteiger partial charge in [0.15, 0.2) is 5.60 Å². The monoisotopic (exact) mass is 448 g/mol. The first-order valence-electron chi connectivity index (χ1n) is 11.0. The van der Waals surface area contributed by atoms with Gasteiger partial charge in [0.1, 0.15) is 12.7 Å². The first kappa shape index (κ1) is 21.6. The molecule has 1 saturated heterocycles. The van der Waals surface area contributed by atoms with Crippen LogP contribution in [-0.4, -0.2) is 49.4 Å². The van der Waals surface area contributed by atoms with E-state index in [1.807, 2.05) is 18.2 Å². The Labute approximate surface area is 191 Å². The van der Waals surface area contributed by atoms with Crippen molar-refractivity contribution in [3.8, 4) is 0 Å². The van der Waals surface area contributed by atoms with Gasteiger partial charge in [0.2, 0.25) is 12.1 Å². The third-order valence-corrected chi connectivity index (χ3v) is 6.80. The summed E-state index contributed by atoms with van der Waals surface area (Å²) in [5, 5.41) is 0. The molecule has 5 rings (SSSR count). The van der Waals surface area contributed by atoms with Crippen molar-refractivity contribution in [2.75, 3.05) is 13.7 Å². The molecule has 170 valence electrons. The Morgan fingerprint density at radius 2 is 1.61 bits per heavy atom. The molecule has 6 atom stereocenters. The molecule has 1 aliphatic heterocycles. The van der Waals surface area contributed by atoms with Crippen LogP contribution >= 0.6 is 0 Å².